The molecule has 9 heteroatoms. The van der Waals surface area contributed by atoms with Crippen molar-refractivity contribution >= 4 is 35.1 Å². The van der Waals surface area contributed by atoms with Crippen molar-refractivity contribution in [2.24, 2.45) is 11.8 Å². The lowest BCUT2D eigenvalue weighted by Gasteiger charge is -2.39. The van der Waals surface area contributed by atoms with Crippen LogP contribution in [0.25, 0.3) is 0 Å². The average Bonchev–Trinajstić information content (AvgIpc) is 3.65. The Labute approximate surface area is 251 Å². The van der Waals surface area contributed by atoms with Crippen LogP contribution >= 0.6 is 11.6 Å². The molecular formula is C33H37ClN2O6. The fraction of sp³-hybridized carbons (Fsp3) is 0.424. The number of benzene rings is 2. The molecule has 6 atom stereocenters. The van der Waals surface area contributed by atoms with Crippen molar-refractivity contribution in [3.05, 3.63) is 90.5 Å². The van der Waals surface area contributed by atoms with E-state index in [2.05, 4.69) is 13.2 Å². The maximum Gasteiger partial charge on any atom is 0.312 e. The predicted molar refractivity (Wildman–Crippen MR) is 160 cm³/mol. The third kappa shape index (κ3) is 5.39. The Balaban J connectivity index is 1.55. The van der Waals surface area contributed by atoms with Crippen molar-refractivity contribution in [2.75, 3.05) is 24.7 Å². The van der Waals surface area contributed by atoms with Gasteiger partial charge in [-0.1, -0.05) is 54.1 Å². The van der Waals surface area contributed by atoms with Gasteiger partial charge in [0.05, 0.1) is 37.2 Å². The van der Waals surface area contributed by atoms with Crippen LogP contribution in [0.3, 0.4) is 0 Å². The number of fused-ring (bicyclic) bond motifs is 1. The van der Waals surface area contributed by atoms with Gasteiger partial charge in [-0.3, -0.25) is 14.4 Å². The molecule has 2 amide bonds. The van der Waals surface area contributed by atoms with E-state index in [0.29, 0.717) is 42.8 Å². The molecule has 3 saturated heterocycles. The monoisotopic (exact) mass is 592 g/mol. The number of aliphatic hydroxyl groups excluding tert-OH is 1. The molecule has 2 bridgehead atoms. The number of hydrogen-bond donors (Lipinski definition) is 1. The lowest BCUT2D eigenvalue weighted by Crippen LogP contribution is -2.59. The number of hydrogen-bond acceptors (Lipinski definition) is 6. The lowest BCUT2D eigenvalue weighted by atomic mass is 9.70. The van der Waals surface area contributed by atoms with Gasteiger partial charge < -0.3 is 24.4 Å². The van der Waals surface area contributed by atoms with Crippen LogP contribution in [0.2, 0.25) is 5.02 Å². The van der Waals surface area contributed by atoms with E-state index in [9.17, 15) is 19.5 Å². The summed E-state index contributed by atoms with van der Waals surface area (Å²) >= 11 is 6.13. The number of likely N-dealkylation sites (tertiary alicyclic amines) is 1. The number of carbonyl (C=O) groups is 3. The van der Waals surface area contributed by atoms with Crippen molar-refractivity contribution in [3.63, 3.8) is 0 Å². The molecule has 5 rings (SSSR count). The number of esters is 1. The van der Waals surface area contributed by atoms with Crippen LogP contribution in [0.15, 0.2) is 79.9 Å². The number of nitrogens with zero attached hydrogens (tertiary/aromatic N) is 2. The molecule has 2 aromatic carbocycles. The van der Waals surface area contributed by atoms with Gasteiger partial charge in [-0.25, -0.2) is 0 Å². The van der Waals surface area contributed by atoms with Crippen LogP contribution in [-0.4, -0.2) is 71.3 Å². The van der Waals surface area contributed by atoms with E-state index in [1.807, 2.05) is 30.3 Å². The Bertz CT molecular complexity index is 1320. The third-order valence-electron chi connectivity index (χ3n) is 8.68. The molecule has 222 valence electrons. The summed E-state index contributed by atoms with van der Waals surface area (Å²) in [6.45, 7) is 7.57. The largest absolute Gasteiger partial charge is 0.465 e. The van der Waals surface area contributed by atoms with Crippen LogP contribution < -0.4 is 4.90 Å². The number of halogens is 1. The van der Waals surface area contributed by atoms with Gasteiger partial charge >= 0.3 is 5.97 Å². The molecule has 1 N–H and O–H groups in total. The Hall–Kier alpha value is -3.46. The number of amides is 2. The molecule has 3 heterocycles. The predicted octanol–water partition coefficient (Wildman–Crippen LogP) is 4.35. The highest BCUT2D eigenvalue weighted by atomic mass is 35.5. The molecule has 0 radical (unpaired) electrons. The first-order valence-corrected chi connectivity index (χ1v) is 14.8. The van der Waals surface area contributed by atoms with Crippen molar-refractivity contribution in [1.82, 2.24) is 4.90 Å². The van der Waals surface area contributed by atoms with Crippen LogP contribution in [-0.2, 0) is 30.3 Å². The molecule has 0 saturated carbocycles. The summed E-state index contributed by atoms with van der Waals surface area (Å²) in [6.07, 6.45) is 5.49. The highest BCUT2D eigenvalue weighted by molar-refractivity contribution is 6.30. The maximum absolute atomic E-state index is 14.7. The summed E-state index contributed by atoms with van der Waals surface area (Å²) in [5.41, 5.74) is 0.277. The number of allylic oxidation sites excluding steroid dienone is 1. The maximum atomic E-state index is 14.7. The minimum absolute atomic E-state index is 0.181. The van der Waals surface area contributed by atoms with E-state index >= 15 is 0 Å². The quantitative estimate of drug-likeness (QED) is 0.211. The second kappa shape index (κ2) is 12.8. The van der Waals surface area contributed by atoms with Gasteiger partial charge in [-0.05, 0) is 61.9 Å². The second-order valence-electron chi connectivity index (χ2n) is 11.1. The fourth-order valence-electron chi connectivity index (χ4n) is 6.89. The Morgan fingerprint density at radius 2 is 1.90 bits per heavy atom. The molecule has 42 heavy (non-hydrogen) atoms. The van der Waals surface area contributed by atoms with E-state index in [-0.39, 0.29) is 31.6 Å². The first-order valence-electron chi connectivity index (χ1n) is 14.5. The summed E-state index contributed by atoms with van der Waals surface area (Å²) in [6, 6.07) is 14.6. The second-order valence-corrected chi connectivity index (χ2v) is 11.6. The molecule has 0 aliphatic carbocycles. The molecule has 2 unspecified atom stereocenters. The highest BCUT2D eigenvalue weighted by Crippen LogP contribution is 2.59. The van der Waals surface area contributed by atoms with Gasteiger partial charge in [0, 0.05) is 17.3 Å². The van der Waals surface area contributed by atoms with Crippen LogP contribution in [0, 0.1) is 11.8 Å². The van der Waals surface area contributed by atoms with Gasteiger partial charge in [-0.15, -0.1) is 13.2 Å². The number of carbonyl (C=O) groups excluding carboxylic acids is 3. The number of ether oxygens (including phenoxy) is 2. The minimum atomic E-state index is -1.22. The molecule has 8 nitrogen and oxygen atoms in total. The standard InChI is InChI=1S/C33H37ClN2O6/c1-3-5-9-19-41-32(40)27-26-16-17-33(42-26)28(27)30(38)36(25(21-37)20-22-10-7-6-8-11-22)29(33)31(39)35(18-4-2)24-14-12-23(34)13-15-24/h3-4,6-8,10-15,25-29,37H,1-2,5,9,16-21H2/t25-,26-,27+,28+,29?,33?/m1/s1. The van der Waals surface area contributed by atoms with Gasteiger partial charge in [0.2, 0.25) is 5.91 Å². The number of unbranched alkanes of at least 4 members (excludes halogenated alkanes) is 1. The van der Waals surface area contributed by atoms with Crippen molar-refractivity contribution in [1.29, 1.82) is 0 Å². The van der Waals surface area contributed by atoms with Crippen molar-refractivity contribution in [3.8, 4) is 0 Å². The van der Waals surface area contributed by atoms with E-state index in [1.165, 1.54) is 4.90 Å². The Kier molecular flexibility index (Phi) is 9.16. The molecule has 1 spiro atoms. The van der Waals surface area contributed by atoms with Gasteiger partial charge in [-0.2, -0.15) is 0 Å². The van der Waals surface area contributed by atoms with Crippen LogP contribution in [0.1, 0.15) is 31.2 Å². The number of aliphatic hydroxyl groups is 1. The zero-order chi connectivity index (χ0) is 29.9. The molecular weight excluding hydrogens is 556 g/mol. The zero-order valence-electron chi connectivity index (χ0n) is 23.6. The molecule has 3 aliphatic rings. The van der Waals surface area contributed by atoms with E-state index in [4.69, 9.17) is 21.1 Å². The number of rotatable bonds is 13. The summed E-state index contributed by atoms with van der Waals surface area (Å²) in [5.74, 6) is -2.93. The highest BCUT2D eigenvalue weighted by Gasteiger charge is 2.75. The molecule has 2 aromatic rings. The van der Waals surface area contributed by atoms with E-state index in [0.717, 1.165) is 5.56 Å². The van der Waals surface area contributed by atoms with Crippen molar-refractivity contribution in [2.45, 2.75) is 55.9 Å². The fourth-order valence-corrected chi connectivity index (χ4v) is 7.01. The Morgan fingerprint density at radius 1 is 1.17 bits per heavy atom. The van der Waals surface area contributed by atoms with E-state index < -0.39 is 41.6 Å². The summed E-state index contributed by atoms with van der Waals surface area (Å²) in [4.78, 5) is 45.6. The summed E-state index contributed by atoms with van der Waals surface area (Å²) < 4.78 is 12.2. The topological polar surface area (TPSA) is 96.4 Å². The van der Waals surface area contributed by atoms with Gasteiger partial charge in [0.25, 0.3) is 5.91 Å². The normalized spacial score (nSPS) is 26.5. The molecule has 0 aromatic heterocycles. The molecule has 3 aliphatic heterocycles. The first kappa shape index (κ1) is 30.0. The zero-order valence-corrected chi connectivity index (χ0v) is 24.3. The molecule has 3 fully saturated rings. The third-order valence-corrected chi connectivity index (χ3v) is 8.93. The summed E-state index contributed by atoms with van der Waals surface area (Å²) in [5, 5.41) is 11.2. The number of anilines is 1. The minimum Gasteiger partial charge on any atom is -0.465 e. The Morgan fingerprint density at radius 3 is 2.57 bits per heavy atom. The smallest absolute Gasteiger partial charge is 0.312 e. The van der Waals surface area contributed by atoms with Gasteiger partial charge in [0.1, 0.15) is 11.6 Å². The van der Waals surface area contributed by atoms with Crippen molar-refractivity contribution < 1.29 is 29.0 Å². The SMILES string of the molecule is C=CCCCOC(=O)[C@@H]1[C@H]2C(=O)N([C@@H](CO)Cc3ccccc3)C(C(=O)N(CC=C)c3ccc(Cl)cc3)C23CC[C@H]1O3. The van der Waals surface area contributed by atoms with Crippen LogP contribution in [0.4, 0.5) is 5.69 Å². The average molecular weight is 593 g/mol. The van der Waals surface area contributed by atoms with Gasteiger partial charge in [0.15, 0.2) is 0 Å². The van der Waals surface area contributed by atoms with Crippen LogP contribution in [0.5, 0.6) is 0 Å². The lowest BCUT2D eigenvalue weighted by molar-refractivity contribution is -0.155. The first-order chi connectivity index (χ1) is 20.4. The van der Waals surface area contributed by atoms with E-state index in [1.54, 1.807) is 41.3 Å². The summed E-state index contributed by atoms with van der Waals surface area (Å²) in [7, 11) is 0.